The Labute approximate surface area is 107 Å². The van der Waals surface area contributed by atoms with E-state index < -0.39 is 0 Å². The lowest BCUT2D eigenvalue weighted by Crippen LogP contribution is -1.84. The molecular weight excluding hydrogens is 224 g/mol. The maximum Gasteiger partial charge on any atom is 0.127 e. The summed E-state index contributed by atoms with van der Waals surface area (Å²) in [6.07, 6.45) is 2.83. The van der Waals surface area contributed by atoms with Crippen LogP contribution in [0.25, 0.3) is 11.1 Å². The van der Waals surface area contributed by atoms with Crippen LogP contribution in [0.15, 0.2) is 74.2 Å². The second-order valence-corrected chi connectivity index (χ2v) is 3.62. The van der Waals surface area contributed by atoms with E-state index in [1.54, 1.807) is 0 Å². The summed E-state index contributed by atoms with van der Waals surface area (Å²) in [7, 11) is 0. The van der Waals surface area contributed by atoms with Crippen molar-refractivity contribution in [1.82, 2.24) is 0 Å². The van der Waals surface area contributed by atoms with Gasteiger partial charge < -0.3 is 9.47 Å². The molecule has 90 valence electrons. The third kappa shape index (κ3) is 2.80. The van der Waals surface area contributed by atoms with Gasteiger partial charge in [0.1, 0.15) is 11.5 Å². The van der Waals surface area contributed by atoms with Crippen molar-refractivity contribution < 1.29 is 9.47 Å². The Balaban J connectivity index is 2.27. The first-order valence-electron chi connectivity index (χ1n) is 5.59. The lowest BCUT2D eigenvalue weighted by molar-refractivity contribution is 0.483. The molecule has 0 saturated heterocycles. The summed E-state index contributed by atoms with van der Waals surface area (Å²) in [5.41, 5.74) is 2.18. The smallest absolute Gasteiger partial charge is 0.127 e. The number of ether oxygens (including phenoxy) is 2. The lowest BCUT2D eigenvalue weighted by Gasteiger charge is -2.06. The van der Waals surface area contributed by atoms with Crippen LogP contribution in [0.1, 0.15) is 0 Å². The first-order valence-corrected chi connectivity index (χ1v) is 5.59. The van der Waals surface area contributed by atoms with Crippen LogP contribution in [0.4, 0.5) is 0 Å². The van der Waals surface area contributed by atoms with Crippen LogP contribution in [-0.2, 0) is 0 Å². The minimum Gasteiger partial charge on any atom is -0.466 e. The van der Waals surface area contributed by atoms with E-state index in [0.29, 0.717) is 0 Å². The molecule has 0 heterocycles. The van der Waals surface area contributed by atoms with Crippen molar-refractivity contribution in [3.63, 3.8) is 0 Å². The summed E-state index contributed by atoms with van der Waals surface area (Å²) in [4.78, 5) is 0. The molecule has 0 saturated carbocycles. The van der Waals surface area contributed by atoms with Gasteiger partial charge in [-0.25, -0.2) is 0 Å². The number of rotatable bonds is 5. The van der Waals surface area contributed by atoms with E-state index in [1.165, 1.54) is 12.5 Å². The Morgan fingerprint density at radius 2 is 1.39 bits per heavy atom. The van der Waals surface area contributed by atoms with Gasteiger partial charge in [-0.15, -0.1) is 0 Å². The minimum absolute atomic E-state index is 0.771. The van der Waals surface area contributed by atoms with Gasteiger partial charge in [-0.2, -0.15) is 0 Å². The largest absolute Gasteiger partial charge is 0.466 e. The molecule has 0 atom stereocenters. The molecule has 0 radical (unpaired) electrons. The van der Waals surface area contributed by atoms with Gasteiger partial charge in [-0.05, 0) is 35.4 Å². The maximum atomic E-state index is 5.26. The van der Waals surface area contributed by atoms with E-state index >= 15 is 0 Å². The molecule has 2 aromatic rings. The molecule has 0 spiro atoms. The fourth-order valence-corrected chi connectivity index (χ4v) is 1.67. The van der Waals surface area contributed by atoms with Gasteiger partial charge >= 0.3 is 0 Å². The van der Waals surface area contributed by atoms with Gasteiger partial charge in [-0.3, -0.25) is 0 Å². The Bertz CT molecular complexity index is 541. The predicted octanol–water partition coefficient (Wildman–Crippen LogP) is 4.40. The molecule has 0 aliphatic heterocycles. The van der Waals surface area contributed by atoms with E-state index in [1.807, 2.05) is 48.5 Å². The molecule has 0 unspecified atom stereocenters. The topological polar surface area (TPSA) is 18.5 Å². The SMILES string of the molecule is C=COc1ccc(-c2cccc(OC=C)c2)cc1. The zero-order valence-corrected chi connectivity index (χ0v) is 10.0. The molecule has 0 aliphatic carbocycles. The van der Waals surface area contributed by atoms with Gasteiger partial charge in [0.15, 0.2) is 0 Å². The van der Waals surface area contributed by atoms with Gasteiger partial charge in [0, 0.05) is 0 Å². The van der Waals surface area contributed by atoms with Crippen molar-refractivity contribution in [2.45, 2.75) is 0 Å². The standard InChI is InChI=1S/C16H14O2/c1-3-17-15-10-8-13(9-11-15)14-6-5-7-16(12-14)18-4-2/h3-12H,1-2H2. The summed E-state index contributed by atoms with van der Waals surface area (Å²) in [5.74, 6) is 1.54. The second-order valence-electron chi connectivity index (χ2n) is 3.62. The summed E-state index contributed by atoms with van der Waals surface area (Å²) >= 11 is 0. The van der Waals surface area contributed by atoms with Crippen LogP contribution in [0.5, 0.6) is 11.5 Å². The van der Waals surface area contributed by atoms with E-state index in [2.05, 4.69) is 13.2 Å². The van der Waals surface area contributed by atoms with Crippen LogP contribution >= 0.6 is 0 Å². The highest BCUT2D eigenvalue weighted by atomic mass is 16.5. The van der Waals surface area contributed by atoms with Crippen molar-refractivity contribution in [2.24, 2.45) is 0 Å². The number of benzene rings is 2. The Hall–Kier alpha value is -2.48. The predicted molar refractivity (Wildman–Crippen MR) is 73.5 cm³/mol. The van der Waals surface area contributed by atoms with Crippen LogP contribution in [0.3, 0.4) is 0 Å². The quantitative estimate of drug-likeness (QED) is 0.719. The average Bonchev–Trinajstić information content (AvgIpc) is 2.41. The Morgan fingerprint density at radius 1 is 0.722 bits per heavy atom. The third-order valence-corrected chi connectivity index (χ3v) is 2.46. The van der Waals surface area contributed by atoms with Crippen molar-refractivity contribution in [1.29, 1.82) is 0 Å². The van der Waals surface area contributed by atoms with Crippen molar-refractivity contribution in [3.05, 3.63) is 74.2 Å². The molecule has 2 aromatic carbocycles. The highest BCUT2D eigenvalue weighted by Crippen LogP contribution is 2.25. The molecule has 0 aromatic heterocycles. The Kier molecular flexibility index (Phi) is 3.82. The first-order chi connectivity index (χ1) is 8.83. The molecule has 0 fully saturated rings. The number of hydrogen-bond donors (Lipinski definition) is 0. The molecule has 18 heavy (non-hydrogen) atoms. The Morgan fingerprint density at radius 3 is 2.06 bits per heavy atom. The van der Waals surface area contributed by atoms with Crippen molar-refractivity contribution in [3.8, 4) is 22.6 Å². The summed E-state index contributed by atoms with van der Waals surface area (Å²) < 4.78 is 10.4. The van der Waals surface area contributed by atoms with Gasteiger partial charge in [0.2, 0.25) is 0 Å². The zero-order chi connectivity index (χ0) is 12.8. The molecule has 2 rings (SSSR count). The molecule has 0 aliphatic rings. The summed E-state index contributed by atoms with van der Waals surface area (Å²) in [5, 5.41) is 0. The van der Waals surface area contributed by atoms with Gasteiger partial charge in [-0.1, -0.05) is 37.4 Å². The van der Waals surface area contributed by atoms with E-state index in [9.17, 15) is 0 Å². The lowest BCUT2D eigenvalue weighted by atomic mass is 10.1. The van der Waals surface area contributed by atoms with E-state index in [0.717, 1.165) is 22.6 Å². The van der Waals surface area contributed by atoms with Crippen LogP contribution < -0.4 is 9.47 Å². The zero-order valence-electron chi connectivity index (χ0n) is 10.0. The van der Waals surface area contributed by atoms with Crippen LogP contribution in [0, 0.1) is 0 Å². The molecule has 2 nitrogen and oxygen atoms in total. The molecule has 0 amide bonds. The van der Waals surface area contributed by atoms with E-state index in [-0.39, 0.29) is 0 Å². The second kappa shape index (κ2) is 5.73. The molecule has 0 N–H and O–H groups in total. The minimum atomic E-state index is 0.771. The van der Waals surface area contributed by atoms with Crippen LogP contribution in [-0.4, -0.2) is 0 Å². The third-order valence-electron chi connectivity index (χ3n) is 2.46. The molecule has 0 bridgehead atoms. The fraction of sp³-hybridized carbons (Fsp3) is 0. The normalized spacial score (nSPS) is 9.56. The van der Waals surface area contributed by atoms with Gasteiger partial charge in [0.25, 0.3) is 0 Å². The first kappa shape index (κ1) is 12.0. The number of hydrogen-bond acceptors (Lipinski definition) is 2. The van der Waals surface area contributed by atoms with Crippen molar-refractivity contribution >= 4 is 0 Å². The summed E-state index contributed by atoms with van der Waals surface area (Å²) in [6.45, 7) is 7.06. The molecular formula is C16H14O2. The monoisotopic (exact) mass is 238 g/mol. The molecule has 2 heteroatoms. The summed E-state index contributed by atoms with van der Waals surface area (Å²) in [6, 6.07) is 15.6. The highest BCUT2D eigenvalue weighted by molar-refractivity contribution is 5.65. The van der Waals surface area contributed by atoms with Crippen molar-refractivity contribution in [2.75, 3.05) is 0 Å². The average molecular weight is 238 g/mol. The highest BCUT2D eigenvalue weighted by Gasteiger charge is 2.00. The fourth-order valence-electron chi connectivity index (χ4n) is 1.67. The van der Waals surface area contributed by atoms with Crippen LogP contribution in [0.2, 0.25) is 0 Å². The maximum absolute atomic E-state index is 5.26. The van der Waals surface area contributed by atoms with E-state index in [4.69, 9.17) is 9.47 Å². The van der Waals surface area contributed by atoms with Gasteiger partial charge in [0.05, 0.1) is 12.5 Å².